The number of quaternary nitrogens is 1. The van der Waals surface area contributed by atoms with Crippen LogP contribution in [-0.2, 0) is 9.53 Å². The Morgan fingerprint density at radius 2 is 1.71 bits per heavy atom. The van der Waals surface area contributed by atoms with Gasteiger partial charge in [-0.15, -0.1) is 0 Å². The maximum absolute atomic E-state index is 11.7. The first kappa shape index (κ1) is 15.2. The molecule has 0 aromatic heterocycles. The number of likely N-dealkylation sites (tertiary alicyclic amines) is 1. The van der Waals surface area contributed by atoms with Gasteiger partial charge in [0.15, 0.2) is 0 Å². The van der Waals surface area contributed by atoms with Crippen LogP contribution in [0.2, 0.25) is 0 Å². The van der Waals surface area contributed by atoms with Gasteiger partial charge in [0.2, 0.25) is 0 Å². The zero-order chi connectivity index (χ0) is 13.4. The summed E-state index contributed by atoms with van der Waals surface area (Å²) in [6.07, 6.45) is 1.95. The van der Waals surface area contributed by atoms with Crippen LogP contribution < -0.4 is 4.90 Å². The number of nitrogens with one attached hydrogen (secondary N) is 1. The predicted octanol–water partition coefficient (Wildman–Crippen LogP) is 1.59. The van der Waals surface area contributed by atoms with Crippen LogP contribution in [0.15, 0.2) is 0 Å². The molecular formula is C13H25INO2+. The van der Waals surface area contributed by atoms with Gasteiger partial charge < -0.3 is 9.64 Å². The molecule has 0 aromatic carbocycles. The highest BCUT2D eigenvalue weighted by atomic mass is 127. The molecule has 1 unspecified atom stereocenters. The number of piperidine rings is 1. The van der Waals surface area contributed by atoms with Crippen molar-refractivity contribution >= 4 is 28.6 Å². The fourth-order valence-corrected chi connectivity index (χ4v) is 2.92. The molecule has 4 heteroatoms. The van der Waals surface area contributed by atoms with Crippen LogP contribution in [0.25, 0.3) is 0 Å². The van der Waals surface area contributed by atoms with Gasteiger partial charge in [0.05, 0.1) is 18.1 Å². The molecule has 1 aliphatic heterocycles. The summed E-state index contributed by atoms with van der Waals surface area (Å²) in [6.45, 7) is 10.9. The van der Waals surface area contributed by atoms with Crippen LogP contribution >= 0.6 is 22.6 Å². The Labute approximate surface area is 118 Å². The summed E-state index contributed by atoms with van der Waals surface area (Å²) < 4.78 is 5.55. The van der Waals surface area contributed by atoms with Crippen molar-refractivity contribution in [1.29, 1.82) is 0 Å². The van der Waals surface area contributed by atoms with Crippen molar-refractivity contribution in [3.8, 4) is 0 Å². The van der Waals surface area contributed by atoms with E-state index in [1.165, 1.54) is 4.90 Å². The van der Waals surface area contributed by atoms with Crippen molar-refractivity contribution in [2.75, 3.05) is 7.05 Å². The number of ether oxygens (including phenoxy) is 1. The normalized spacial score (nSPS) is 32.9. The number of carbonyl (C=O) groups excluding carboxylic acids is 1. The maximum Gasteiger partial charge on any atom is 0.318 e. The Morgan fingerprint density at radius 1 is 1.29 bits per heavy atom. The van der Waals surface area contributed by atoms with Crippen molar-refractivity contribution < 1.29 is 14.4 Å². The summed E-state index contributed by atoms with van der Waals surface area (Å²) in [4.78, 5) is 13.2. The van der Waals surface area contributed by atoms with E-state index in [2.05, 4.69) is 57.3 Å². The van der Waals surface area contributed by atoms with E-state index in [1.807, 2.05) is 6.92 Å². The monoisotopic (exact) mass is 354 g/mol. The molecule has 100 valence electrons. The molecule has 1 atom stereocenters. The smallest absolute Gasteiger partial charge is 0.318 e. The van der Waals surface area contributed by atoms with Crippen molar-refractivity contribution in [2.45, 2.75) is 68.6 Å². The molecule has 0 saturated carbocycles. The van der Waals surface area contributed by atoms with E-state index in [1.54, 1.807) is 0 Å². The van der Waals surface area contributed by atoms with Crippen molar-refractivity contribution in [2.24, 2.45) is 0 Å². The Hall–Kier alpha value is 0.160. The topological polar surface area (TPSA) is 30.7 Å². The highest BCUT2D eigenvalue weighted by Gasteiger charge is 2.48. The first-order valence-electron chi connectivity index (χ1n) is 6.25. The number of rotatable bonds is 2. The summed E-state index contributed by atoms with van der Waals surface area (Å²) >= 11 is 2.11. The minimum absolute atomic E-state index is 0.0633. The van der Waals surface area contributed by atoms with E-state index in [9.17, 15) is 4.79 Å². The van der Waals surface area contributed by atoms with Crippen molar-refractivity contribution in [3.63, 3.8) is 0 Å². The molecule has 0 aliphatic carbocycles. The molecular weight excluding hydrogens is 329 g/mol. The Kier molecular flexibility index (Phi) is 4.51. The summed E-state index contributed by atoms with van der Waals surface area (Å²) in [5.74, 6) is -0.0817. The standard InChI is InChI=1S/C13H24INO2/c1-9(14)11(16)17-10-7-12(2,3)15(6)13(4,5)8-10/h9-10H,7-8H2,1-6H3/p+1. The molecule has 0 aromatic rings. The molecule has 17 heavy (non-hydrogen) atoms. The first-order valence-corrected chi connectivity index (χ1v) is 7.50. The average molecular weight is 354 g/mol. The fourth-order valence-electron chi connectivity index (χ4n) is 2.77. The van der Waals surface area contributed by atoms with Gasteiger partial charge in [-0.2, -0.15) is 0 Å². The second-order valence-corrected chi connectivity index (χ2v) is 8.34. The molecule has 0 radical (unpaired) electrons. The summed E-state index contributed by atoms with van der Waals surface area (Å²) in [5, 5.41) is 0. The Balaban J connectivity index is 2.75. The molecule has 1 saturated heterocycles. The highest BCUT2D eigenvalue weighted by molar-refractivity contribution is 14.1. The van der Waals surface area contributed by atoms with Crippen LogP contribution in [0.5, 0.6) is 0 Å². The van der Waals surface area contributed by atoms with Gasteiger partial charge in [-0.3, -0.25) is 4.79 Å². The van der Waals surface area contributed by atoms with Gasteiger partial charge in [-0.25, -0.2) is 0 Å². The molecule has 0 bridgehead atoms. The second kappa shape index (κ2) is 5.03. The highest BCUT2D eigenvalue weighted by Crippen LogP contribution is 2.26. The number of esters is 1. The van der Waals surface area contributed by atoms with E-state index in [4.69, 9.17) is 4.74 Å². The second-order valence-electron chi connectivity index (χ2n) is 6.48. The molecule has 1 aliphatic rings. The largest absolute Gasteiger partial charge is 0.461 e. The number of alkyl halides is 1. The molecule has 0 amide bonds. The van der Waals surface area contributed by atoms with Gasteiger partial charge >= 0.3 is 5.97 Å². The van der Waals surface area contributed by atoms with E-state index in [0.717, 1.165) is 12.8 Å². The third-order valence-electron chi connectivity index (χ3n) is 4.11. The van der Waals surface area contributed by atoms with E-state index in [0.29, 0.717) is 0 Å². The Morgan fingerprint density at radius 3 is 2.06 bits per heavy atom. The SMILES string of the molecule is CC(I)C(=O)OC1CC(C)(C)[NH+](C)C(C)(C)C1. The number of halogens is 1. The van der Waals surface area contributed by atoms with Gasteiger partial charge in [-0.1, -0.05) is 22.6 Å². The fraction of sp³-hybridized carbons (Fsp3) is 0.923. The van der Waals surface area contributed by atoms with E-state index in [-0.39, 0.29) is 27.1 Å². The molecule has 1 fully saturated rings. The van der Waals surface area contributed by atoms with Crippen LogP contribution in [0.1, 0.15) is 47.5 Å². The summed E-state index contributed by atoms with van der Waals surface area (Å²) in [5.41, 5.74) is 0.308. The number of carbonyl (C=O) groups is 1. The van der Waals surface area contributed by atoms with Crippen LogP contribution in [0.4, 0.5) is 0 Å². The van der Waals surface area contributed by atoms with Crippen molar-refractivity contribution in [3.05, 3.63) is 0 Å². The Bertz CT molecular complexity index is 282. The van der Waals surface area contributed by atoms with Crippen LogP contribution in [0, 0.1) is 0 Å². The quantitative estimate of drug-likeness (QED) is 0.464. The molecule has 1 heterocycles. The zero-order valence-corrected chi connectivity index (χ0v) is 13.9. The van der Waals surface area contributed by atoms with E-state index >= 15 is 0 Å². The lowest BCUT2D eigenvalue weighted by Crippen LogP contribution is -3.24. The molecule has 3 nitrogen and oxygen atoms in total. The third kappa shape index (κ3) is 3.56. The number of hydrogen-bond acceptors (Lipinski definition) is 2. The first-order chi connectivity index (χ1) is 7.56. The molecule has 0 spiro atoms. The summed E-state index contributed by atoms with van der Waals surface area (Å²) in [7, 11) is 2.24. The molecule has 1 rings (SSSR count). The van der Waals surface area contributed by atoms with Crippen LogP contribution in [-0.4, -0.2) is 34.1 Å². The minimum Gasteiger partial charge on any atom is -0.461 e. The third-order valence-corrected chi connectivity index (χ3v) is 4.62. The zero-order valence-electron chi connectivity index (χ0n) is 11.8. The van der Waals surface area contributed by atoms with Crippen LogP contribution in [0.3, 0.4) is 0 Å². The van der Waals surface area contributed by atoms with Gasteiger partial charge in [0, 0.05) is 12.8 Å². The van der Waals surface area contributed by atoms with Gasteiger partial charge in [0.25, 0.3) is 0 Å². The summed E-state index contributed by atoms with van der Waals surface area (Å²) in [6, 6.07) is 0. The van der Waals surface area contributed by atoms with E-state index < -0.39 is 0 Å². The van der Waals surface area contributed by atoms with Gasteiger partial charge in [-0.05, 0) is 34.6 Å². The lowest BCUT2D eigenvalue weighted by atomic mass is 9.79. The minimum atomic E-state index is -0.0817. The maximum atomic E-state index is 11.7. The predicted molar refractivity (Wildman–Crippen MR) is 77.6 cm³/mol. The number of hydrogen-bond donors (Lipinski definition) is 1. The molecule has 1 N–H and O–H groups in total. The lowest BCUT2D eigenvalue weighted by Gasteiger charge is -2.49. The van der Waals surface area contributed by atoms with Crippen molar-refractivity contribution in [1.82, 2.24) is 0 Å². The average Bonchev–Trinajstić information content (AvgIpc) is 2.12. The lowest BCUT2D eigenvalue weighted by molar-refractivity contribution is -0.983. The van der Waals surface area contributed by atoms with Gasteiger partial charge in [0.1, 0.15) is 10.0 Å².